The minimum absolute atomic E-state index is 0.0357. The van der Waals surface area contributed by atoms with Gasteiger partial charge in [-0.2, -0.15) is 5.10 Å². The molecule has 9 heteroatoms. The summed E-state index contributed by atoms with van der Waals surface area (Å²) < 4.78 is 1.89. The number of carbonyl (C=O) groups excluding carboxylic acids is 1. The summed E-state index contributed by atoms with van der Waals surface area (Å²) in [4.78, 5) is 25.3. The van der Waals surface area contributed by atoms with Crippen molar-refractivity contribution >= 4 is 45.9 Å². The zero-order valence-electron chi connectivity index (χ0n) is 17.5. The fourth-order valence-electron chi connectivity index (χ4n) is 3.63. The normalized spacial score (nSPS) is 14.6. The third-order valence-electron chi connectivity index (χ3n) is 5.01. The van der Waals surface area contributed by atoms with Gasteiger partial charge in [0.25, 0.3) is 0 Å². The van der Waals surface area contributed by atoms with Gasteiger partial charge in [0, 0.05) is 29.8 Å². The second-order valence-corrected chi connectivity index (χ2v) is 10.3. The number of anilines is 1. The van der Waals surface area contributed by atoms with E-state index < -0.39 is 0 Å². The molecule has 0 bridgehead atoms. The van der Waals surface area contributed by atoms with Crippen molar-refractivity contribution in [2.75, 3.05) is 24.5 Å². The number of nitrogens with one attached hydrogen (secondary N) is 1. The Morgan fingerprint density at radius 1 is 1.27 bits per heavy atom. The molecular weight excluding hydrogens is 416 g/mol. The molecule has 0 saturated carbocycles. The molecule has 0 aliphatic carbocycles. The first-order valence-electron chi connectivity index (χ1n) is 10.5. The van der Waals surface area contributed by atoms with E-state index in [1.807, 2.05) is 28.4 Å². The SMILES string of the molecule is CC(C)Sc1nc(N2CCCCC2)c2cnn(CCNC(=O)Cc3cccs3)c2n1. The van der Waals surface area contributed by atoms with Crippen molar-refractivity contribution in [1.82, 2.24) is 25.1 Å². The highest BCUT2D eigenvalue weighted by atomic mass is 32.2. The van der Waals surface area contributed by atoms with Crippen LogP contribution in [0.1, 0.15) is 38.0 Å². The highest BCUT2D eigenvalue weighted by Gasteiger charge is 2.20. The van der Waals surface area contributed by atoms with Crippen molar-refractivity contribution < 1.29 is 4.79 Å². The van der Waals surface area contributed by atoms with E-state index in [0.717, 1.165) is 40.0 Å². The fraction of sp³-hybridized carbons (Fsp3) is 0.524. The van der Waals surface area contributed by atoms with Crippen molar-refractivity contribution in [1.29, 1.82) is 0 Å². The van der Waals surface area contributed by atoms with Crippen LogP contribution in [-0.4, -0.2) is 50.5 Å². The first kappa shape index (κ1) is 21.1. The molecule has 0 spiro atoms. The van der Waals surface area contributed by atoms with Gasteiger partial charge in [-0.05, 0) is 30.7 Å². The number of hydrogen-bond acceptors (Lipinski definition) is 7. The maximum Gasteiger partial charge on any atom is 0.225 e. The van der Waals surface area contributed by atoms with E-state index in [0.29, 0.717) is 24.8 Å². The van der Waals surface area contributed by atoms with Crippen molar-refractivity contribution in [3.63, 3.8) is 0 Å². The Balaban J connectivity index is 1.50. The van der Waals surface area contributed by atoms with Gasteiger partial charge >= 0.3 is 0 Å². The zero-order chi connectivity index (χ0) is 20.9. The van der Waals surface area contributed by atoms with Crippen LogP contribution < -0.4 is 10.2 Å². The van der Waals surface area contributed by atoms with Crippen LogP contribution in [0, 0.1) is 0 Å². The predicted molar refractivity (Wildman–Crippen MR) is 123 cm³/mol. The Bertz CT molecular complexity index is 979. The molecule has 4 heterocycles. The van der Waals surface area contributed by atoms with Crippen LogP contribution >= 0.6 is 23.1 Å². The van der Waals surface area contributed by atoms with Crippen LogP contribution in [0.2, 0.25) is 0 Å². The van der Waals surface area contributed by atoms with Crippen molar-refractivity contribution in [3.8, 4) is 0 Å². The number of thiophene rings is 1. The molecule has 1 amide bonds. The summed E-state index contributed by atoms with van der Waals surface area (Å²) >= 11 is 3.28. The van der Waals surface area contributed by atoms with E-state index in [4.69, 9.17) is 9.97 Å². The molecule has 3 aromatic rings. The van der Waals surface area contributed by atoms with Crippen molar-refractivity contribution in [2.45, 2.75) is 56.5 Å². The van der Waals surface area contributed by atoms with Crippen molar-refractivity contribution in [2.24, 2.45) is 0 Å². The minimum Gasteiger partial charge on any atom is -0.356 e. The summed E-state index contributed by atoms with van der Waals surface area (Å²) in [7, 11) is 0. The lowest BCUT2D eigenvalue weighted by Gasteiger charge is -2.28. The fourth-order valence-corrected chi connectivity index (χ4v) is 5.03. The molecule has 1 fully saturated rings. The average Bonchev–Trinajstić information content (AvgIpc) is 3.38. The Kier molecular flexibility index (Phi) is 6.89. The summed E-state index contributed by atoms with van der Waals surface area (Å²) in [5.74, 6) is 1.03. The zero-order valence-corrected chi connectivity index (χ0v) is 19.1. The Morgan fingerprint density at radius 2 is 2.10 bits per heavy atom. The molecule has 1 aliphatic heterocycles. The third-order valence-corrected chi connectivity index (χ3v) is 6.75. The molecule has 160 valence electrons. The molecule has 30 heavy (non-hydrogen) atoms. The summed E-state index contributed by atoms with van der Waals surface area (Å²) in [6.07, 6.45) is 5.97. The predicted octanol–water partition coefficient (Wildman–Crippen LogP) is 3.74. The maximum absolute atomic E-state index is 12.2. The van der Waals surface area contributed by atoms with Gasteiger partial charge in [0.1, 0.15) is 5.82 Å². The molecule has 0 aromatic carbocycles. The highest BCUT2D eigenvalue weighted by Crippen LogP contribution is 2.30. The van der Waals surface area contributed by atoms with Gasteiger partial charge in [-0.25, -0.2) is 14.6 Å². The number of hydrogen-bond donors (Lipinski definition) is 1. The van der Waals surface area contributed by atoms with E-state index in [1.54, 1.807) is 23.1 Å². The largest absolute Gasteiger partial charge is 0.356 e. The van der Waals surface area contributed by atoms with Crippen LogP contribution in [0.3, 0.4) is 0 Å². The second kappa shape index (κ2) is 9.78. The van der Waals surface area contributed by atoms with Gasteiger partial charge in [-0.1, -0.05) is 31.7 Å². The van der Waals surface area contributed by atoms with Gasteiger partial charge in [0.15, 0.2) is 10.8 Å². The van der Waals surface area contributed by atoms with Gasteiger partial charge in [0.2, 0.25) is 5.91 Å². The summed E-state index contributed by atoms with van der Waals surface area (Å²) in [6.45, 7) is 7.47. The molecule has 0 atom stereocenters. The first-order valence-corrected chi connectivity index (χ1v) is 12.3. The number of piperidine rings is 1. The highest BCUT2D eigenvalue weighted by molar-refractivity contribution is 7.99. The molecule has 0 unspecified atom stereocenters. The van der Waals surface area contributed by atoms with Crippen LogP contribution in [0.15, 0.2) is 28.9 Å². The number of aromatic nitrogens is 4. The average molecular weight is 445 g/mol. The van der Waals surface area contributed by atoms with E-state index in [9.17, 15) is 4.79 Å². The van der Waals surface area contributed by atoms with E-state index in [-0.39, 0.29) is 5.91 Å². The molecule has 1 aliphatic rings. The molecule has 1 saturated heterocycles. The van der Waals surface area contributed by atoms with Crippen LogP contribution in [0.25, 0.3) is 11.0 Å². The maximum atomic E-state index is 12.2. The van der Waals surface area contributed by atoms with Crippen LogP contribution in [-0.2, 0) is 17.8 Å². The molecule has 1 N–H and O–H groups in total. The molecule has 0 radical (unpaired) electrons. The number of amides is 1. The Labute approximate surface area is 185 Å². The van der Waals surface area contributed by atoms with E-state index in [1.165, 1.54) is 19.3 Å². The summed E-state index contributed by atoms with van der Waals surface area (Å²) in [5, 5.41) is 11.8. The third kappa shape index (κ3) is 5.13. The van der Waals surface area contributed by atoms with Crippen LogP contribution in [0.4, 0.5) is 5.82 Å². The van der Waals surface area contributed by atoms with Gasteiger partial charge in [0.05, 0.1) is 24.5 Å². The lowest BCUT2D eigenvalue weighted by molar-refractivity contribution is -0.120. The summed E-state index contributed by atoms with van der Waals surface area (Å²) in [5.41, 5.74) is 0.848. The minimum atomic E-state index is 0.0357. The number of rotatable bonds is 8. The Morgan fingerprint density at radius 3 is 2.83 bits per heavy atom. The van der Waals surface area contributed by atoms with E-state index in [2.05, 4.69) is 29.2 Å². The second-order valence-electron chi connectivity index (χ2n) is 7.76. The van der Waals surface area contributed by atoms with Crippen LogP contribution in [0.5, 0.6) is 0 Å². The van der Waals surface area contributed by atoms with Crippen molar-refractivity contribution in [3.05, 3.63) is 28.6 Å². The van der Waals surface area contributed by atoms with Gasteiger partial charge in [-0.15, -0.1) is 11.3 Å². The lowest BCUT2D eigenvalue weighted by Crippen LogP contribution is -2.30. The monoisotopic (exact) mass is 444 g/mol. The smallest absolute Gasteiger partial charge is 0.225 e. The molecule has 4 rings (SSSR count). The van der Waals surface area contributed by atoms with Gasteiger partial charge < -0.3 is 10.2 Å². The number of thioether (sulfide) groups is 1. The first-order chi connectivity index (χ1) is 14.6. The number of carbonyl (C=O) groups is 1. The summed E-state index contributed by atoms with van der Waals surface area (Å²) in [6, 6.07) is 3.95. The molecule has 7 nitrogen and oxygen atoms in total. The Hall–Kier alpha value is -2.13. The standard InChI is InChI=1S/C21H28N6OS2/c1-15(2)30-21-24-19(26-9-4-3-5-10-26)17-14-23-27(20(17)25-21)11-8-22-18(28)13-16-7-6-12-29-16/h6-7,12,14-15H,3-5,8-11,13H2,1-2H3,(H,22,28). The number of nitrogens with zero attached hydrogens (tertiary/aromatic N) is 5. The molecule has 3 aromatic heterocycles. The quantitative estimate of drug-likeness (QED) is 0.421. The van der Waals surface area contributed by atoms with Gasteiger partial charge in [-0.3, -0.25) is 4.79 Å². The lowest BCUT2D eigenvalue weighted by atomic mass is 10.1. The topological polar surface area (TPSA) is 75.9 Å². The molecular formula is C21H28N6OS2. The number of fused-ring (bicyclic) bond motifs is 1. The van der Waals surface area contributed by atoms with E-state index >= 15 is 0 Å².